The van der Waals surface area contributed by atoms with Crippen molar-refractivity contribution in [3.8, 4) is 11.4 Å². The molecular weight excluding hydrogens is 218 g/mol. The molecule has 84 valence electrons. The Bertz CT molecular complexity index is 451. The molecule has 0 spiro atoms. The third kappa shape index (κ3) is 2.65. The van der Waals surface area contributed by atoms with E-state index in [1.54, 1.807) is 11.3 Å². The van der Waals surface area contributed by atoms with Crippen molar-refractivity contribution in [2.75, 3.05) is 6.54 Å². The lowest BCUT2D eigenvalue weighted by Crippen LogP contribution is -2.13. The van der Waals surface area contributed by atoms with E-state index < -0.39 is 0 Å². The third-order valence-electron chi connectivity index (χ3n) is 2.24. The molecule has 0 saturated carbocycles. The van der Waals surface area contributed by atoms with Gasteiger partial charge < -0.3 is 5.32 Å². The Hall–Kier alpha value is -1.26. The molecule has 0 radical (unpaired) electrons. The summed E-state index contributed by atoms with van der Waals surface area (Å²) in [6.45, 7) is 5.86. The molecular formula is C12H15N3S. The summed E-state index contributed by atoms with van der Waals surface area (Å²) in [5.41, 5.74) is 3.17. The molecule has 2 aromatic heterocycles. The highest BCUT2D eigenvalue weighted by Gasteiger charge is 2.04. The molecule has 4 heteroatoms. The third-order valence-corrected chi connectivity index (χ3v) is 2.93. The van der Waals surface area contributed by atoms with Gasteiger partial charge in [0.1, 0.15) is 0 Å². The van der Waals surface area contributed by atoms with Crippen LogP contribution in [0.4, 0.5) is 0 Å². The van der Waals surface area contributed by atoms with E-state index in [9.17, 15) is 0 Å². The molecule has 0 bridgehead atoms. The Kier molecular flexibility index (Phi) is 3.64. The molecule has 0 saturated heterocycles. The lowest BCUT2D eigenvalue weighted by atomic mass is 10.2. The molecule has 0 aromatic carbocycles. The Morgan fingerprint density at radius 2 is 2.25 bits per heavy atom. The van der Waals surface area contributed by atoms with Crippen LogP contribution < -0.4 is 5.32 Å². The van der Waals surface area contributed by atoms with Gasteiger partial charge in [-0.3, -0.25) is 0 Å². The Balaban J connectivity index is 2.29. The fourth-order valence-electron chi connectivity index (χ4n) is 1.50. The van der Waals surface area contributed by atoms with Crippen molar-refractivity contribution in [3.63, 3.8) is 0 Å². The molecule has 0 unspecified atom stereocenters. The summed E-state index contributed by atoms with van der Waals surface area (Å²) in [6, 6.07) is 4.08. The SMILES string of the molecule is CCNCc1cc(C)nc(-c2ccsc2)n1. The van der Waals surface area contributed by atoms with Crippen LogP contribution in [0.2, 0.25) is 0 Å². The number of hydrogen-bond donors (Lipinski definition) is 1. The van der Waals surface area contributed by atoms with Crippen molar-refractivity contribution >= 4 is 11.3 Å². The van der Waals surface area contributed by atoms with Crippen LogP contribution in [-0.4, -0.2) is 16.5 Å². The van der Waals surface area contributed by atoms with Gasteiger partial charge in [0.25, 0.3) is 0 Å². The first-order valence-corrected chi connectivity index (χ1v) is 6.31. The highest BCUT2D eigenvalue weighted by molar-refractivity contribution is 7.08. The van der Waals surface area contributed by atoms with Crippen LogP contribution in [0.15, 0.2) is 22.9 Å². The number of nitrogens with one attached hydrogen (secondary N) is 1. The van der Waals surface area contributed by atoms with Crippen molar-refractivity contribution in [1.29, 1.82) is 0 Å². The van der Waals surface area contributed by atoms with Crippen LogP contribution in [0.3, 0.4) is 0 Å². The standard InChI is InChI=1S/C12H15N3S/c1-3-13-7-11-6-9(2)14-12(15-11)10-4-5-16-8-10/h4-6,8,13H,3,7H2,1-2H3. The second kappa shape index (κ2) is 5.18. The minimum Gasteiger partial charge on any atom is -0.311 e. The zero-order valence-corrected chi connectivity index (χ0v) is 10.3. The highest BCUT2D eigenvalue weighted by atomic mass is 32.1. The van der Waals surface area contributed by atoms with Gasteiger partial charge in [-0.15, -0.1) is 0 Å². The lowest BCUT2D eigenvalue weighted by Gasteiger charge is -2.05. The average molecular weight is 233 g/mol. The maximum absolute atomic E-state index is 4.55. The fraction of sp³-hybridized carbons (Fsp3) is 0.333. The zero-order chi connectivity index (χ0) is 11.4. The second-order valence-electron chi connectivity index (χ2n) is 3.62. The normalized spacial score (nSPS) is 10.6. The van der Waals surface area contributed by atoms with Crippen molar-refractivity contribution in [2.24, 2.45) is 0 Å². The number of aromatic nitrogens is 2. The summed E-state index contributed by atoms with van der Waals surface area (Å²) in [5.74, 6) is 0.828. The Morgan fingerprint density at radius 1 is 1.38 bits per heavy atom. The predicted molar refractivity (Wildman–Crippen MR) is 67.5 cm³/mol. The van der Waals surface area contributed by atoms with E-state index in [1.165, 1.54) is 0 Å². The number of rotatable bonds is 4. The number of nitrogens with zero attached hydrogens (tertiary/aromatic N) is 2. The van der Waals surface area contributed by atoms with Gasteiger partial charge in [0.2, 0.25) is 0 Å². The van der Waals surface area contributed by atoms with Gasteiger partial charge in [-0.05, 0) is 31.0 Å². The van der Waals surface area contributed by atoms with Crippen LogP contribution >= 0.6 is 11.3 Å². The van der Waals surface area contributed by atoms with Crippen LogP contribution in [0, 0.1) is 6.92 Å². The van der Waals surface area contributed by atoms with E-state index in [-0.39, 0.29) is 0 Å². The van der Waals surface area contributed by atoms with Crippen LogP contribution in [-0.2, 0) is 6.54 Å². The summed E-state index contributed by atoms with van der Waals surface area (Å²) >= 11 is 1.67. The molecule has 0 fully saturated rings. The zero-order valence-electron chi connectivity index (χ0n) is 9.53. The van der Waals surface area contributed by atoms with Gasteiger partial charge in [0.15, 0.2) is 5.82 Å². The molecule has 2 aromatic rings. The second-order valence-corrected chi connectivity index (χ2v) is 4.40. The number of hydrogen-bond acceptors (Lipinski definition) is 4. The van der Waals surface area contributed by atoms with Crippen molar-refractivity contribution < 1.29 is 0 Å². The molecule has 0 amide bonds. The van der Waals surface area contributed by atoms with Crippen LogP contribution in [0.25, 0.3) is 11.4 Å². The molecule has 16 heavy (non-hydrogen) atoms. The molecule has 0 aliphatic carbocycles. The minimum absolute atomic E-state index is 0.803. The van der Waals surface area contributed by atoms with E-state index in [0.29, 0.717) is 0 Å². The monoisotopic (exact) mass is 233 g/mol. The molecule has 2 rings (SSSR count). The molecule has 3 nitrogen and oxygen atoms in total. The summed E-state index contributed by atoms with van der Waals surface area (Å²) in [6.07, 6.45) is 0. The highest BCUT2D eigenvalue weighted by Crippen LogP contribution is 2.18. The molecule has 1 N–H and O–H groups in total. The summed E-state index contributed by atoms with van der Waals surface area (Å²) < 4.78 is 0. The molecule has 0 atom stereocenters. The number of thiophene rings is 1. The summed E-state index contributed by atoms with van der Waals surface area (Å²) in [4.78, 5) is 9.00. The Morgan fingerprint density at radius 3 is 2.94 bits per heavy atom. The van der Waals surface area contributed by atoms with Crippen LogP contribution in [0.1, 0.15) is 18.3 Å². The van der Waals surface area contributed by atoms with Gasteiger partial charge in [-0.25, -0.2) is 9.97 Å². The van der Waals surface area contributed by atoms with Crippen molar-refractivity contribution in [3.05, 3.63) is 34.3 Å². The average Bonchev–Trinajstić information content (AvgIpc) is 2.79. The van der Waals surface area contributed by atoms with Gasteiger partial charge in [-0.1, -0.05) is 6.92 Å². The fourth-order valence-corrected chi connectivity index (χ4v) is 2.13. The quantitative estimate of drug-likeness (QED) is 0.882. The smallest absolute Gasteiger partial charge is 0.160 e. The van der Waals surface area contributed by atoms with Crippen LogP contribution in [0.5, 0.6) is 0 Å². The maximum atomic E-state index is 4.55. The summed E-state index contributed by atoms with van der Waals surface area (Å²) in [5, 5.41) is 7.40. The molecule has 2 heterocycles. The summed E-state index contributed by atoms with van der Waals surface area (Å²) in [7, 11) is 0. The first-order valence-electron chi connectivity index (χ1n) is 5.37. The first kappa shape index (κ1) is 11.2. The minimum atomic E-state index is 0.803. The van der Waals surface area contributed by atoms with E-state index in [4.69, 9.17) is 0 Å². The largest absolute Gasteiger partial charge is 0.311 e. The first-order chi connectivity index (χ1) is 7.79. The number of aryl methyl sites for hydroxylation is 1. The van der Waals surface area contributed by atoms with Gasteiger partial charge in [0, 0.05) is 23.2 Å². The van der Waals surface area contributed by atoms with E-state index in [1.807, 2.05) is 18.4 Å². The van der Waals surface area contributed by atoms with Gasteiger partial charge in [-0.2, -0.15) is 11.3 Å². The van der Waals surface area contributed by atoms with Gasteiger partial charge in [0.05, 0.1) is 5.69 Å². The molecule has 0 aliphatic rings. The van der Waals surface area contributed by atoms with Crippen molar-refractivity contribution in [2.45, 2.75) is 20.4 Å². The lowest BCUT2D eigenvalue weighted by molar-refractivity contribution is 0.708. The molecule has 0 aliphatic heterocycles. The van der Waals surface area contributed by atoms with Crippen molar-refractivity contribution in [1.82, 2.24) is 15.3 Å². The van der Waals surface area contributed by atoms with Gasteiger partial charge >= 0.3 is 0 Å². The van der Waals surface area contributed by atoms with E-state index in [2.05, 4.69) is 33.7 Å². The maximum Gasteiger partial charge on any atom is 0.160 e. The van der Waals surface area contributed by atoms with E-state index in [0.717, 1.165) is 35.9 Å². The predicted octanol–water partition coefficient (Wildman–Crippen LogP) is 2.62. The topological polar surface area (TPSA) is 37.8 Å². The van der Waals surface area contributed by atoms with E-state index >= 15 is 0 Å². The Labute approximate surface area is 99.6 Å².